The lowest BCUT2D eigenvalue weighted by atomic mass is 10.2. The molecule has 0 spiro atoms. The maximum Gasteiger partial charge on any atom is 0.403 e. The molecule has 1 unspecified atom stereocenters. The van der Waals surface area contributed by atoms with Crippen LogP contribution in [0.3, 0.4) is 0 Å². The Hall–Kier alpha value is -1.30. The van der Waals surface area contributed by atoms with E-state index in [9.17, 15) is 13.2 Å². The van der Waals surface area contributed by atoms with Crippen molar-refractivity contribution >= 4 is 35.8 Å². The fourth-order valence-corrected chi connectivity index (χ4v) is 3.76. The normalized spacial score (nSPS) is 19.6. The minimum atomic E-state index is -4.19. The third-order valence-corrected chi connectivity index (χ3v) is 5.62. The Labute approximate surface area is 193 Å². The van der Waals surface area contributed by atoms with Crippen molar-refractivity contribution in [2.75, 3.05) is 50.7 Å². The highest BCUT2D eigenvalue weighted by Gasteiger charge is 2.41. The second-order valence-corrected chi connectivity index (χ2v) is 7.63. The van der Waals surface area contributed by atoms with E-state index in [4.69, 9.17) is 4.99 Å². The molecule has 1 aromatic rings. The van der Waals surface area contributed by atoms with Gasteiger partial charge in [-0.05, 0) is 38.3 Å². The Kier molecular flexibility index (Phi) is 9.45. The molecule has 1 N–H and O–H groups in total. The summed E-state index contributed by atoms with van der Waals surface area (Å²) in [5.74, 6) is 1.76. The molecule has 0 aromatic carbocycles. The van der Waals surface area contributed by atoms with Gasteiger partial charge in [-0.3, -0.25) is 4.90 Å². The first kappa shape index (κ1) is 25.0. The van der Waals surface area contributed by atoms with E-state index in [2.05, 4.69) is 21.3 Å². The van der Waals surface area contributed by atoms with Gasteiger partial charge in [0, 0.05) is 52.0 Å². The second-order valence-electron chi connectivity index (χ2n) is 7.63. The Morgan fingerprint density at radius 2 is 1.80 bits per heavy atom. The number of alkyl halides is 3. The van der Waals surface area contributed by atoms with Crippen LogP contribution < -0.4 is 10.2 Å². The van der Waals surface area contributed by atoms with Crippen molar-refractivity contribution in [1.29, 1.82) is 0 Å². The molecular formula is C20H32F3IN6. The van der Waals surface area contributed by atoms with Crippen LogP contribution in [-0.4, -0.2) is 78.8 Å². The van der Waals surface area contributed by atoms with Gasteiger partial charge in [-0.1, -0.05) is 6.07 Å². The first-order valence-corrected chi connectivity index (χ1v) is 10.4. The van der Waals surface area contributed by atoms with Crippen molar-refractivity contribution in [1.82, 2.24) is 20.1 Å². The summed E-state index contributed by atoms with van der Waals surface area (Å²) in [5, 5.41) is 3.26. The smallest absolute Gasteiger partial charge is 0.357 e. The third kappa shape index (κ3) is 6.60. The van der Waals surface area contributed by atoms with E-state index in [-0.39, 0.29) is 24.0 Å². The van der Waals surface area contributed by atoms with Gasteiger partial charge in [0.15, 0.2) is 5.96 Å². The summed E-state index contributed by atoms with van der Waals surface area (Å²) >= 11 is 0. The number of rotatable bonds is 5. The molecule has 2 aliphatic rings. The molecule has 0 amide bonds. The van der Waals surface area contributed by atoms with E-state index < -0.39 is 12.2 Å². The van der Waals surface area contributed by atoms with E-state index in [1.807, 2.05) is 24.1 Å². The lowest BCUT2D eigenvalue weighted by Gasteiger charge is -2.39. The van der Waals surface area contributed by atoms with E-state index in [0.717, 1.165) is 30.4 Å². The highest BCUT2D eigenvalue weighted by Crippen LogP contribution is 2.25. The van der Waals surface area contributed by atoms with E-state index in [1.165, 1.54) is 24.7 Å². The number of nitrogens with one attached hydrogen (secondary N) is 1. The standard InChI is InChI=1S/C20H31F3N6.HI/c1-3-24-19(29-12-10-27(11-13-29)16(2)20(21,22)23)26-15-17-6-7-18(25-14-17)28-8-4-5-9-28;/h6-7,14,16H,3-5,8-13,15H2,1-2H3,(H,24,26);1H. The van der Waals surface area contributed by atoms with Crippen molar-refractivity contribution in [2.24, 2.45) is 4.99 Å². The predicted octanol–water partition coefficient (Wildman–Crippen LogP) is 3.33. The van der Waals surface area contributed by atoms with Gasteiger partial charge < -0.3 is 15.1 Å². The van der Waals surface area contributed by atoms with Gasteiger partial charge in [0.2, 0.25) is 0 Å². The highest BCUT2D eigenvalue weighted by molar-refractivity contribution is 14.0. The van der Waals surface area contributed by atoms with Crippen molar-refractivity contribution in [2.45, 2.75) is 45.5 Å². The van der Waals surface area contributed by atoms with Crippen molar-refractivity contribution < 1.29 is 13.2 Å². The monoisotopic (exact) mass is 540 g/mol. The van der Waals surface area contributed by atoms with Crippen LogP contribution in [0.2, 0.25) is 0 Å². The van der Waals surface area contributed by atoms with Crippen LogP contribution in [0.15, 0.2) is 23.3 Å². The minimum absolute atomic E-state index is 0. The maximum atomic E-state index is 12.9. The number of aromatic nitrogens is 1. The SMILES string of the molecule is CCNC(=NCc1ccc(N2CCCC2)nc1)N1CCN(C(C)C(F)(F)F)CC1.I. The van der Waals surface area contributed by atoms with Crippen LogP contribution in [0.5, 0.6) is 0 Å². The average molecular weight is 540 g/mol. The molecule has 170 valence electrons. The summed E-state index contributed by atoms with van der Waals surface area (Å²) in [6.07, 6.45) is 0.113. The molecule has 0 aliphatic carbocycles. The van der Waals surface area contributed by atoms with Gasteiger partial charge in [-0.2, -0.15) is 13.2 Å². The number of hydrogen-bond acceptors (Lipinski definition) is 4. The van der Waals surface area contributed by atoms with E-state index >= 15 is 0 Å². The molecule has 10 heteroatoms. The summed E-state index contributed by atoms with van der Waals surface area (Å²) in [4.78, 5) is 15.1. The number of aliphatic imine (C=N–C) groups is 1. The second kappa shape index (κ2) is 11.4. The minimum Gasteiger partial charge on any atom is -0.357 e. The largest absolute Gasteiger partial charge is 0.403 e. The lowest BCUT2D eigenvalue weighted by Crippen LogP contribution is -2.56. The molecule has 3 rings (SSSR count). The van der Waals surface area contributed by atoms with E-state index in [0.29, 0.717) is 39.3 Å². The number of halogens is 4. The Balaban J connectivity index is 0.00000320. The van der Waals surface area contributed by atoms with Crippen molar-refractivity contribution in [3.63, 3.8) is 0 Å². The fraction of sp³-hybridized carbons (Fsp3) is 0.700. The molecule has 1 aromatic heterocycles. The molecular weight excluding hydrogens is 508 g/mol. The van der Waals surface area contributed by atoms with Gasteiger partial charge in [0.25, 0.3) is 0 Å². The highest BCUT2D eigenvalue weighted by atomic mass is 127. The molecule has 1 atom stereocenters. The topological polar surface area (TPSA) is 47.0 Å². The molecule has 2 aliphatic heterocycles. The predicted molar refractivity (Wildman–Crippen MR) is 125 cm³/mol. The van der Waals surface area contributed by atoms with Crippen LogP contribution in [-0.2, 0) is 6.54 Å². The molecule has 0 saturated carbocycles. The average Bonchev–Trinajstić information content (AvgIpc) is 3.25. The number of guanidine groups is 1. The zero-order valence-corrected chi connectivity index (χ0v) is 20.0. The number of pyridine rings is 1. The number of piperazine rings is 1. The summed E-state index contributed by atoms with van der Waals surface area (Å²) in [6, 6.07) is 2.68. The number of anilines is 1. The summed E-state index contributed by atoms with van der Waals surface area (Å²) in [5.41, 5.74) is 1.02. The summed E-state index contributed by atoms with van der Waals surface area (Å²) in [7, 11) is 0. The number of hydrogen-bond donors (Lipinski definition) is 1. The Morgan fingerprint density at radius 3 is 2.33 bits per heavy atom. The van der Waals surface area contributed by atoms with Crippen LogP contribution in [0.4, 0.5) is 19.0 Å². The fourth-order valence-electron chi connectivity index (χ4n) is 3.76. The first-order valence-electron chi connectivity index (χ1n) is 10.4. The Bertz CT molecular complexity index is 668. The first-order chi connectivity index (χ1) is 13.9. The lowest BCUT2D eigenvalue weighted by molar-refractivity contribution is -0.181. The molecule has 0 bridgehead atoms. The molecule has 0 radical (unpaired) electrons. The molecule has 2 fully saturated rings. The molecule has 3 heterocycles. The quantitative estimate of drug-likeness (QED) is 0.353. The van der Waals surface area contributed by atoms with Gasteiger partial charge >= 0.3 is 6.18 Å². The third-order valence-electron chi connectivity index (χ3n) is 5.62. The van der Waals surface area contributed by atoms with Crippen LogP contribution in [0.1, 0.15) is 32.3 Å². The summed E-state index contributed by atoms with van der Waals surface area (Å²) in [6.45, 7) is 8.35. The van der Waals surface area contributed by atoms with Crippen molar-refractivity contribution in [3.8, 4) is 0 Å². The molecule has 30 heavy (non-hydrogen) atoms. The Morgan fingerprint density at radius 1 is 1.13 bits per heavy atom. The molecule has 6 nitrogen and oxygen atoms in total. The van der Waals surface area contributed by atoms with Gasteiger partial charge in [0.05, 0.1) is 6.54 Å². The number of nitrogens with zero attached hydrogens (tertiary/aromatic N) is 5. The van der Waals surface area contributed by atoms with Crippen molar-refractivity contribution in [3.05, 3.63) is 23.9 Å². The van der Waals surface area contributed by atoms with Gasteiger partial charge in [-0.25, -0.2) is 9.98 Å². The zero-order chi connectivity index (χ0) is 20.9. The zero-order valence-electron chi connectivity index (χ0n) is 17.7. The summed E-state index contributed by atoms with van der Waals surface area (Å²) < 4.78 is 38.8. The van der Waals surface area contributed by atoms with Crippen LogP contribution in [0, 0.1) is 0 Å². The van der Waals surface area contributed by atoms with Crippen LogP contribution >= 0.6 is 24.0 Å². The maximum absolute atomic E-state index is 12.9. The van der Waals surface area contributed by atoms with Gasteiger partial charge in [0.1, 0.15) is 11.9 Å². The molecule has 2 saturated heterocycles. The van der Waals surface area contributed by atoms with Gasteiger partial charge in [-0.15, -0.1) is 24.0 Å². The van der Waals surface area contributed by atoms with E-state index in [1.54, 1.807) is 0 Å². The van der Waals surface area contributed by atoms with Crippen LogP contribution in [0.25, 0.3) is 0 Å².